The number of hydrazone groups is 1. The molecule has 0 bridgehead atoms. The number of ketones is 1. The molecular weight excluding hydrogens is 424 g/mol. The summed E-state index contributed by atoms with van der Waals surface area (Å²) in [4.78, 5) is 13.1. The van der Waals surface area contributed by atoms with Crippen molar-refractivity contribution in [2.75, 3.05) is 12.0 Å². The first kappa shape index (κ1) is 21.3. The summed E-state index contributed by atoms with van der Waals surface area (Å²) in [5, 5.41) is 12.9. The second kappa shape index (κ2) is 10.4. The number of rotatable bonds is 8. The van der Waals surface area contributed by atoms with Crippen LogP contribution >= 0.6 is 11.8 Å². The first-order valence-corrected chi connectivity index (χ1v) is 10.8. The summed E-state index contributed by atoms with van der Waals surface area (Å²) in [6.07, 6.45) is 0. The first-order chi connectivity index (χ1) is 15.7. The van der Waals surface area contributed by atoms with Crippen LogP contribution in [0, 0.1) is 0 Å². The molecule has 4 aromatic rings. The van der Waals surface area contributed by atoms with Crippen molar-refractivity contribution in [3.8, 4) is 17.2 Å². The largest absolute Gasteiger partial charge is 0.494 e. The Kier molecular flexibility index (Phi) is 6.94. The van der Waals surface area contributed by atoms with Crippen LogP contribution in [-0.4, -0.2) is 27.6 Å². The van der Waals surface area contributed by atoms with Gasteiger partial charge in [0.05, 0.1) is 12.3 Å². The number of nitrogens with one attached hydrogen (secondary N) is 1. The number of hydrogen-bond acceptors (Lipinski definition) is 8. The van der Waals surface area contributed by atoms with Crippen molar-refractivity contribution >= 4 is 28.3 Å². The molecule has 8 heteroatoms. The molecule has 0 saturated carbocycles. The molecule has 4 rings (SSSR count). The number of carbonyl (C=O) groups is 1. The average molecular weight is 445 g/mol. The van der Waals surface area contributed by atoms with Gasteiger partial charge in [0.2, 0.25) is 11.7 Å². The van der Waals surface area contributed by atoms with Crippen LogP contribution in [0.3, 0.4) is 0 Å². The zero-order chi connectivity index (χ0) is 22.2. The topological polar surface area (TPSA) is 89.6 Å². The minimum atomic E-state index is -0.256. The van der Waals surface area contributed by atoms with Gasteiger partial charge in [-0.1, -0.05) is 48.5 Å². The summed E-state index contributed by atoms with van der Waals surface area (Å²) in [7, 11) is 0. The van der Waals surface area contributed by atoms with E-state index >= 15 is 0 Å². The molecule has 7 nitrogen and oxygen atoms in total. The quantitative estimate of drug-likeness (QED) is 0.126. The van der Waals surface area contributed by atoms with Gasteiger partial charge in [0.15, 0.2) is 5.04 Å². The smallest absolute Gasteiger partial charge is 0.283 e. The van der Waals surface area contributed by atoms with Gasteiger partial charge in [0.25, 0.3) is 5.22 Å². The van der Waals surface area contributed by atoms with Gasteiger partial charge >= 0.3 is 0 Å². The summed E-state index contributed by atoms with van der Waals surface area (Å²) in [6, 6.07) is 25.7. The van der Waals surface area contributed by atoms with Crippen LogP contribution in [0.5, 0.6) is 5.75 Å². The number of carbonyl (C=O) groups excluding carboxylic acids is 1. The van der Waals surface area contributed by atoms with E-state index in [9.17, 15) is 4.79 Å². The number of hydrogen-bond donors (Lipinski definition) is 1. The van der Waals surface area contributed by atoms with Gasteiger partial charge in [0.1, 0.15) is 5.75 Å². The Morgan fingerprint density at radius 3 is 2.34 bits per heavy atom. The fourth-order valence-corrected chi connectivity index (χ4v) is 3.44. The Bertz CT molecular complexity index is 1190. The molecule has 0 amide bonds. The van der Waals surface area contributed by atoms with Gasteiger partial charge in [-0.2, -0.15) is 5.10 Å². The number of benzene rings is 3. The van der Waals surface area contributed by atoms with Crippen LogP contribution in [0.15, 0.2) is 99.7 Å². The molecule has 1 N–H and O–H groups in total. The van der Waals surface area contributed by atoms with E-state index in [0.717, 1.165) is 23.1 Å². The Hall–Kier alpha value is -3.91. The van der Waals surface area contributed by atoms with E-state index in [0.29, 0.717) is 23.7 Å². The van der Waals surface area contributed by atoms with E-state index in [1.807, 2.05) is 67.6 Å². The highest BCUT2D eigenvalue weighted by molar-refractivity contribution is 8.15. The lowest BCUT2D eigenvalue weighted by Gasteiger charge is -2.06. The molecule has 32 heavy (non-hydrogen) atoms. The van der Waals surface area contributed by atoms with Gasteiger partial charge in [0, 0.05) is 11.1 Å². The van der Waals surface area contributed by atoms with Crippen LogP contribution in [0.4, 0.5) is 5.69 Å². The number of nitrogens with zero attached hydrogens (tertiary/aromatic N) is 3. The third-order valence-electron chi connectivity index (χ3n) is 4.29. The lowest BCUT2D eigenvalue weighted by atomic mass is 10.1. The lowest BCUT2D eigenvalue weighted by molar-refractivity contribution is 0.106. The Morgan fingerprint density at radius 1 is 0.969 bits per heavy atom. The van der Waals surface area contributed by atoms with Crippen molar-refractivity contribution in [1.29, 1.82) is 0 Å². The molecule has 0 aliphatic rings. The molecule has 0 aliphatic heterocycles. The summed E-state index contributed by atoms with van der Waals surface area (Å²) >= 11 is 1.01. The maximum Gasteiger partial charge on any atom is 0.283 e. The van der Waals surface area contributed by atoms with Crippen LogP contribution in [-0.2, 0) is 0 Å². The highest BCUT2D eigenvalue weighted by Gasteiger charge is 2.20. The fourth-order valence-electron chi connectivity index (χ4n) is 2.77. The lowest BCUT2D eigenvalue weighted by Crippen LogP contribution is -2.13. The molecule has 0 unspecified atom stereocenters. The number of anilines is 1. The van der Waals surface area contributed by atoms with Crippen molar-refractivity contribution in [3.05, 3.63) is 90.5 Å². The number of Topliss-reactive ketones (excluding diaryl/α,β-unsaturated/α-hetero) is 1. The SMILES string of the molecule is CCOc1ccc(NN=C(Sc2nnc(-c3ccccc3)o2)C(=O)c2ccccc2)cc1. The molecule has 0 spiro atoms. The maximum absolute atomic E-state index is 13.1. The third kappa shape index (κ3) is 5.41. The highest BCUT2D eigenvalue weighted by atomic mass is 32.2. The van der Waals surface area contributed by atoms with Crippen molar-refractivity contribution in [1.82, 2.24) is 10.2 Å². The molecular formula is C24H20N4O3S. The number of thioether (sulfide) groups is 1. The summed E-state index contributed by atoms with van der Waals surface area (Å²) in [5.41, 5.74) is 4.94. The van der Waals surface area contributed by atoms with Gasteiger partial charge in [-0.25, -0.2) is 0 Å². The van der Waals surface area contributed by atoms with Crippen molar-refractivity contribution in [3.63, 3.8) is 0 Å². The number of aromatic nitrogens is 2. The molecule has 0 aliphatic carbocycles. The van der Waals surface area contributed by atoms with Gasteiger partial charge in [-0.05, 0) is 55.1 Å². The molecule has 1 aromatic heterocycles. The Labute approximate surface area is 189 Å². The summed E-state index contributed by atoms with van der Waals surface area (Å²) < 4.78 is 11.2. The summed E-state index contributed by atoms with van der Waals surface area (Å²) in [5.74, 6) is 0.879. The van der Waals surface area contributed by atoms with Crippen molar-refractivity contribution in [2.24, 2.45) is 5.10 Å². The molecule has 0 fully saturated rings. The molecule has 160 valence electrons. The predicted octanol–water partition coefficient (Wildman–Crippen LogP) is 5.54. The Morgan fingerprint density at radius 2 is 1.66 bits per heavy atom. The van der Waals surface area contributed by atoms with Crippen LogP contribution in [0.1, 0.15) is 17.3 Å². The summed E-state index contributed by atoms with van der Waals surface area (Å²) in [6.45, 7) is 2.52. The molecule has 0 saturated heterocycles. The average Bonchev–Trinajstić information content (AvgIpc) is 3.32. The molecule has 0 atom stereocenters. The van der Waals surface area contributed by atoms with E-state index in [2.05, 4.69) is 20.7 Å². The van der Waals surface area contributed by atoms with E-state index in [1.165, 1.54) is 0 Å². The zero-order valence-electron chi connectivity index (χ0n) is 17.3. The molecule has 0 radical (unpaired) electrons. The van der Waals surface area contributed by atoms with Crippen LogP contribution < -0.4 is 10.2 Å². The van der Waals surface area contributed by atoms with Crippen LogP contribution in [0.25, 0.3) is 11.5 Å². The standard InChI is InChI=1S/C24H20N4O3S/c1-2-30-20-15-13-19(14-16-20)25-27-23(21(29)17-9-5-3-6-10-17)32-24-28-26-22(31-24)18-11-7-4-8-12-18/h3-16,25H,2H2,1H3. The van der Waals surface area contributed by atoms with Crippen LogP contribution in [0.2, 0.25) is 0 Å². The predicted molar refractivity (Wildman–Crippen MR) is 125 cm³/mol. The second-order valence-electron chi connectivity index (χ2n) is 6.52. The maximum atomic E-state index is 13.1. The first-order valence-electron chi connectivity index (χ1n) is 9.96. The highest BCUT2D eigenvalue weighted by Crippen LogP contribution is 2.25. The molecule has 1 heterocycles. The van der Waals surface area contributed by atoms with E-state index < -0.39 is 0 Å². The van der Waals surface area contributed by atoms with Crippen molar-refractivity contribution in [2.45, 2.75) is 12.1 Å². The van der Waals surface area contributed by atoms with Gasteiger partial charge in [-0.3, -0.25) is 10.2 Å². The van der Waals surface area contributed by atoms with E-state index in [-0.39, 0.29) is 16.0 Å². The fraction of sp³-hybridized carbons (Fsp3) is 0.0833. The van der Waals surface area contributed by atoms with E-state index in [4.69, 9.17) is 9.15 Å². The minimum absolute atomic E-state index is 0.174. The normalized spacial score (nSPS) is 11.2. The monoisotopic (exact) mass is 444 g/mol. The second-order valence-corrected chi connectivity index (χ2v) is 7.46. The molecule has 3 aromatic carbocycles. The Balaban J connectivity index is 1.57. The number of ether oxygens (including phenoxy) is 1. The van der Waals surface area contributed by atoms with Crippen molar-refractivity contribution < 1.29 is 13.9 Å². The van der Waals surface area contributed by atoms with Gasteiger partial charge < -0.3 is 9.15 Å². The third-order valence-corrected chi connectivity index (χ3v) is 5.10. The minimum Gasteiger partial charge on any atom is -0.494 e. The zero-order valence-corrected chi connectivity index (χ0v) is 18.1. The van der Waals surface area contributed by atoms with E-state index in [1.54, 1.807) is 24.3 Å². The van der Waals surface area contributed by atoms with Gasteiger partial charge in [-0.15, -0.1) is 10.2 Å².